The molecule has 0 amide bonds. The molecule has 10 atom stereocenters. The molecule has 0 aromatic heterocycles. The maximum absolute atomic E-state index is 9.94. The van der Waals surface area contributed by atoms with Crippen molar-refractivity contribution in [2.75, 3.05) is 13.2 Å². The summed E-state index contributed by atoms with van der Waals surface area (Å²) in [6.07, 6.45) is -15.6. The van der Waals surface area contributed by atoms with Crippen LogP contribution in [0.4, 0.5) is 0 Å². The normalized spacial score (nSPS) is 49.5. The van der Waals surface area contributed by atoms with E-state index in [1.165, 1.54) is 0 Å². The third-order valence-electron chi connectivity index (χ3n) is 3.98. The summed E-state index contributed by atoms with van der Waals surface area (Å²) in [5.41, 5.74) is 0. The van der Waals surface area contributed by atoms with Gasteiger partial charge in [0.05, 0.1) is 13.2 Å². The number of rotatable bonds is 4. The summed E-state index contributed by atoms with van der Waals surface area (Å²) < 4.78 is 15.3. The maximum atomic E-state index is 9.94. The van der Waals surface area contributed by atoms with Crippen molar-refractivity contribution >= 4 is 0 Å². The van der Waals surface area contributed by atoms with Crippen LogP contribution in [-0.4, -0.2) is 121 Å². The average molecular weight is 360 g/mol. The topological polar surface area (TPSA) is 221 Å². The Morgan fingerprint density at radius 3 is 1.79 bits per heavy atom. The molecule has 12 heteroatoms. The van der Waals surface area contributed by atoms with Crippen molar-refractivity contribution in [2.45, 2.75) is 61.4 Å². The van der Waals surface area contributed by atoms with Crippen molar-refractivity contribution in [3.63, 3.8) is 0 Å². The summed E-state index contributed by atoms with van der Waals surface area (Å²) in [4.78, 5) is 0. The number of ether oxygens (including phenoxy) is 3. The molecule has 24 heavy (non-hydrogen) atoms. The molecule has 144 valence electrons. The molecular formula is C12H24O12. The fourth-order valence-corrected chi connectivity index (χ4v) is 2.57. The molecule has 0 aromatic rings. The van der Waals surface area contributed by atoms with Crippen LogP contribution in [0.3, 0.4) is 0 Å². The van der Waals surface area contributed by atoms with Crippen molar-refractivity contribution in [3.05, 3.63) is 0 Å². The fourth-order valence-electron chi connectivity index (χ4n) is 2.57. The van der Waals surface area contributed by atoms with E-state index in [0.717, 1.165) is 0 Å². The highest BCUT2D eigenvalue weighted by atomic mass is 16.7. The second kappa shape index (κ2) is 8.75. The molecule has 0 unspecified atom stereocenters. The first-order valence-electron chi connectivity index (χ1n) is 7.08. The monoisotopic (exact) mass is 360 g/mol. The molecule has 0 bridgehead atoms. The van der Waals surface area contributed by atoms with Gasteiger partial charge in [0.25, 0.3) is 0 Å². The Kier molecular flexibility index (Phi) is 7.86. The van der Waals surface area contributed by atoms with Gasteiger partial charge in [0.15, 0.2) is 12.6 Å². The Bertz CT molecular complexity index is 379. The van der Waals surface area contributed by atoms with Crippen molar-refractivity contribution < 1.29 is 60.5 Å². The minimum absolute atomic E-state index is 0. The van der Waals surface area contributed by atoms with Gasteiger partial charge in [-0.05, 0) is 0 Å². The van der Waals surface area contributed by atoms with Crippen LogP contribution in [0.15, 0.2) is 0 Å². The van der Waals surface area contributed by atoms with Gasteiger partial charge in [0, 0.05) is 0 Å². The van der Waals surface area contributed by atoms with E-state index in [1.54, 1.807) is 0 Å². The molecule has 2 aliphatic rings. The van der Waals surface area contributed by atoms with Crippen molar-refractivity contribution in [3.8, 4) is 0 Å². The van der Waals surface area contributed by atoms with Gasteiger partial charge in [0.1, 0.15) is 48.8 Å². The van der Waals surface area contributed by atoms with Gasteiger partial charge in [-0.15, -0.1) is 0 Å². The smallest absolute Gasteiger partial charge is 0.187 e. The van der Waals surface area contributed by atoms with Crippen LogP contribution < -0.4 is 0 Å². The quantitative estimate of drug-likeness (QED) is 0.235. The summed E-state index contributed by atoms with van der Waals surface area (Å²) in [7, 11) is 0. The highest BCUT2D eigenvalue weighted by molar-refractivity contribution is 4.93. The summed E-state index contributed by atoms with van der Waals surface area (Å²) in [6.45, 7) is -1.35. The van der Waals surface area contributed by atoms with Crippen LogP contribution in [-0.2, 0) is 14.2 Å². The number of hydrogen-bond acceptors (Lipinski definition) is 11. The van der Waals surface area contributed by atoms with Crippen molar-refractivity contribution in [1.29, 1.82) is 0 Å². The number of hydrogen-bond donors (Lipinski definition) is 8. The standard InChI is InChI=1S/C12H22O11.H2O/c13-1-3-5(15)6(16)9(19)12(22-3)23-10-4(2-14)21-11(20)8(18)7(10)17;/h3-20H,1-2H2;1H2/t3-,4-,5+,6+,7-,8+,9-,10-,11+,12+;/m0./s1. The Balaban J connectivity index is 0.00000288. The van der Waals surface area contributed by atoms with E-state index >= 15 is 0 Å². The number of aliphatic hydroxyl groups is 8. The lowest BCUT2D eigenvalue weighted by Gasteiger charge is -2.45. The molecule has 2 rings (SSSR count). The van der Waals surface area contributed by atoms with E-state index in [0.29, 0.717) is 0 Å². The highest BCUT2D eigenvalue weighted by Crippen LogP contribution is 2.28. The zero-order valence-electron chi connectivity index (χ0n) is 12.5. The SMILES string of the molecule is O.OC[C@@H]1O[C@H](O[C@@H]2[C@@H](O)[C@@H](O)[C@H](O)O[C@H]2CO)[C@@H](O)[C@H](O)[C@@H]1O. The molecule has 10 N–H and O–H groups in total. The van der Waals surface area contributed by atoms with Gasteiger partial charge in [-0.3, -0.25) is 0 Å². The van der Waals surface area contributed by atoms with Gasteiger partial charge in [-0.25, -0.2) is 0 Å². The number of aliphatic hydroxyl groups excluding tert-OH is 8. The first-order valence-corrected chi connectivity index (χ1v) is 7.08. The van der Waals surface area contributed by atoms with Crippen LogP contribution >= 0.6 is 0 Å². The molecule has 12 nitrogen and oxygen atoms in total. The Labute approximate surface area is 136 Å². The minimum Gasteiger partial charge on any atom is -0.412 e. The van der Waals surface area contributed by atoms with Gasteiger partial charge in [-0.1, -0.05) is 0 Å². The van der Waals surface area contributed by atoms with E-state index < -0.39 is 74.6 Å². The molecule has 2 fully saturated rings. The molecule has 0 spiro atoms. The fraction of sp³-hybridized carbons (Fsp3) is 1.00. The average Bonchev–Trinajstić information content (AvgIpc) is 2.55. The largest absolute Gasteiger partial charge is 0.412 e. The van der Waals surface area contributed by atoms with Gasteiger partial charge in [-0.2, -0.15) is 0 Å². The van der Waals surface area contributed by atoms with Crippen LogP contribution in [0.25, 0.3) is 0 Å². The van der Waals surface area contributed by atoms with Crippen LogP contribution in [0.1, 0.15) is 0 Å². The lowest BCUT2D eigenvalue weighted by Crippen LogP contribution is -2.64. The van der Waals surface area contributed by atoms with Crippen LogP contribution in [0, 0.1) is 0 Å². The van der Waals surface area contributed by atoms with Crippen molar-refractivity contribution in [1.82, 2.24) is 0 Å². The van der Waals surface area contributed by atoms with E-state index in [4.69, 9.17) is 19.3 Å². The van der Waals surface area contributed by atoms with Crippen LogP contribution in [0.5, 0.6) is 0 Å². The highest BCUT2D eigenvalue weighted by Gasteiger charge is 2.50. The van der Waals surface area contributed by atoms with Gasteiger partial charge >= 0.3 is 0 Å². The Morgan fingerprint density at radius 1 is 0.667 bits per heavy atom. The minimum atomic E-state index is -1.74. The molecular weight excluding hydrogens is 336 g/mol. The summed E-state index contributed by atoms with van der Waals surface area (Å²) in [5, 5.41) is 76.5. The Morgan fingerprint density at radius 2 is 1.25 bits per heavy atom. The van der Waals surface area contributed by atoms with Gasteiger partial charge < -0.3 is 60.5 Å². The third-order valence-corrected chi connectivity index (χ3v) is 3.98. The van der Waals surface area contributed by atoms with Crippen molar-refractivity contribution in [2.24, 2.45) is 0 Å². The summed E-state index contributed by atoms with van der Waals surface area (Å²) >= 11 is 0. The van der Waals surface area contributed by atoms with E-state index in [1.807, 2.05) is 0 Å². The van der Waals surface area contributed by atoms with Gasteiger partial charge in [0.2, 0.25) is 0 Å². The molecule has 2 heterocycles. The second-order valence-electron chi connectivity index (χ2n) is 5.53. The predicted octanol–water partition coefficient (Wildman–Crippen LogP) is -6.22. The summed E-state index contributed by atoms with van der Waals surface area (Å²) in [6, 6.07) is 0. The molecule has 2 aliphatic heterocycles. The molecule has 0 radical (unpaired) electrons. The molecule has 0 aliphatic carbocycles. The summed E-state index contributed by atoms with van der Waals surface area (Å²) in [5.74, 6) is 0. The van der Waals surface area contributed by atoms with E-state index in [2.05, 4.69) is 0 Å². The van der Waals surface area contributed by atoms with Crippen LogP contribution in [0.2, 0.25) is 0 Å². The first-order chi connectivity index (χ1) is 10.8. The molecule has 0 aromatic carbocycles. The van der Waals surface area contributed by atoms with E-state index in [9.17, 15) is 35.7 Å². The lowest BCUT2D eigenvalue weighted by molar-refractivity contribution is -0.355. The lowest BCUT2D eigenvalue weighted by atomic mass is 9.97. The zero-order valence-corrected chi connectivity index (χ0v) is 12.5. The molecule has 2 saturated heterocycles. The third kappa shape index (κ3) is 4.01. The predicted molar refractivity (Wildman–Crippen MR) is 72.2 cm³/mol. The maximum Gasteiger partial charge on any atom is 0.187 e. The second-order valence-corrected chi connectivity index (χ2v) is 5.53. The molecule has 0 saturated carbocycles. The Hall–Kier alpha value is -0.480. The zero-order chi connectivity index (χ0) is 17.3. The van der Waals surface area contributed by atoms with E-state index in [-0.39, 0.29) is 5.48 Å². The first kappa shape index (κ1) is 21.6.